The van der Waals surface area contributed by atoms with Crippen LogP contribution in [0.4, 0.5) is 0 Å². The normalized spacial score (nSPS) is 19.9. The molecule has 1 fully saturated rings. The minimum Gasteiger partial charge on any atom is -0.475 e. The predicted octanol–water partition coefficient (Wildman–Crippen LogP) is 2.30. The molecule has 110 valence electrons. The van der Waals surface area contributed by atoms with Gasteiger partial charge in [-0.05, 0) is 55.7 Å². The average Bonchev–Trinajstić information content (AvgIpc) is 2.23. The Kier molecular flexibility index (Phi) is 4.65. The van der Waals surface area contributed by atoms with Crippen LogP contribution in [0.5, 0.6) is 5.75 Å². The second-order valence-corrected chi connectivity index (χ2v) is 6.68. The number of nitrogens with one attached hydrogen (secondary N) is 1. The number of hydrogen-bond donors (Lipinski definition) is 1. The maximum atomic E-state index is 12.3. The average molecular weight is 343 g/mol. The molecule has 1 aliphatic rings. The molecule has 1 aromatic rings. The summed E-state index contributed by atoms with van der Waals surface area (Å²) in [5.74, 6) is 0.193. The minimum atomic E-state index is -0.654. The summed E-state index contributed by atoms with van der Waals surface area (Å²) in [7, 11) is 0. The smallest absolute Gasteiger partial charge is 0.349 e. The van der Waals surface area contributed by atoms with Crippen molar-refractivity contribution in [2.24, 2.45) is 0 Å². The van der Waals surface area contributed by atoms with E-state index in [1.165, 1.54) is 0 Å². The Labute approximate surface area is 127 Å². The summed E-state index contributed by atoms with van der Waals surface area (Å²) in [4.78, 5) is 16.3. The van der Waals surface area contributed by atoms with E-state index < -0.39 is 11.7 Å². The van der Waals surface area contributed by atoms with Gasteiger partial charge in [0.2, 0.25) is 6.10 Å². The molecule has 20 heavy (non-hydrogen) atoms. The summed E-state index contributed by atoms with van der Waals surface area (Å²) in [6, 6.07) is 1.77. The molecule has 0 aromatic carbocycles. The number of pyridine rings is 1. The van der Waals surface area contributed by atoms with Crippen molar-refractivity contribution in [3.8, 4) is 5.75 Å². The molecule has 1 unspecified atom stereocenters. The second kappa shape index (κ2) is 6.10. The summed E-state index contributed by atoms with van der Waals surface area (Å²) in [5.41, 5.74) is -0.530. The van der Waals surface area contributed by atoms with Gasteiger partial charge in [0.25, 0.3) is 0 Å². The topological polar surface area (TPSA) is 60.5 Å². The van der Waals surface area contributed by atoms with Gasteiger partial charge in [0.1, 0.15) is 11.4 Å². The lowest BCUT2D eigenvalue weighted by atomic mass is 10.0. The molecular formula is C14H19BrN2O3. The van der Waals surface area contributed by atoms with Gasteiger partial charge in [0.05, 0.1) is 12.2 Å². The SMILES string of the molecule is CC(C)(C)OC(=O)C(Oc1cncc(Br)c1)[C@@H]1CCN1. The van der Waals surface area contributed by atoms with E-state index in [9.17, 15) is 4.79 Å². The fourth-order valence-electron chi connectivity index (χ4n) is 1.83. The van der Waals surface area contributed by atoms with Crippen LogP contribution in [-0.4, -0.2) is 35.2 Å². The van der Waals surface area contributed by atoms with Crippen LogP contribution in [0.25, 0.3) is 0 Å². The number of aromatic nitrogens is 1. The third-order valence-corrected chi connectivity index (χ3v) is 3.24. The molecule has 2 rings (SSSR count). The molecule has 1 saturated heterocycles. The van der Waals surface area contributed by atoms with E-state index in [1.54, 1.807) is 18.5 Å². The molecule has 1 aromatic heterocycles. The highest BCUT2D eigenvalue weighted by atomic mass is 79.9. The number of carbonyl (C=O) groups is 1. The van der Waals surface area contributed by atoms with E-state index in [0.717, 1.165) is 17.4 Å². The Morgan fingerprint density at radius 2 is 2.20 bits per heavy atom. The van der Waals surface area contributed by atoms with Crippen LogP contribution in [0.2, 0.25) is 0 Å². The monoisotopic (exact) mass is 342 g/mol. The van der Waals surface area contributed by atoms with Gasteiger partial charge in [-0.25, -0.2) is 4.79 Å². The van der Waals surface area contributed by atoms with Crippen LogP contribution in [-0.2, 0) is 9.53 Å². The van der Waals surface area contributed by atoms with Gasteiger partial charge in [-0.2, -0.15) is 0 Å². The molecule has 2 atom stereocenters. The zero-order chi connectivity index (χ0) is 14.8. The molecule has 0 saturated carbocycles. The summed E-state index contributed by atoms with van der Waals surface area (Å²) in [5, 5.41) is 3.19. The Hall–Kier alpha value is -1.14. The first-order valence-electron chi connectivity index (χ1n) is 6.58. The number of carbonyl (C=O) groups excluding carboxylic acids is 1. The summed E-state index contributed by atoms with van der Waals surface area (Å²) in [6.45, 7) is 6.43. The van der Waals surface area contributed by atoms with Crippen molar-refractivity contribution in [3.05, 3.63) is 22.9 Å². The van der Waals surface area contributed by atoms with Crippen LogP contribution in [0.1, 0.15) is 27.2 Å². The molecule has 1 aliphatic heterocycles. The Morgan fingerprint density at radius 1 is 1.50 bits per heavy atom. The maximum Gasteiger partial charge on any atom is 0.349 e. The number of halogens is 1. The van der Waals surface area contributed by atoms with Gasteiger partial charge in [0.15, 0.2) is 0 Å². The molecule has 0 amide bonds. The van der Waals surface area contributed by atoms with Gasteiger partial charge in [-0.1, -0.05) is 0 Å². The Morgan fingerprint density at radius 3 is 2.70 bits per heavy atom. The van der Waals surface area contributed by atoms with Crippen molar-refractivity contribution in [2.45, 2.75) is 44.9 Å². The van der Waals surface area contributed by atoms with Crippen molar-refractivity contribution in [2.75, 3.05) is 6.54 Å². The van der Waals surface area contributed by atoms with Crippen LogP contribution >= 0.6 is 15.9 Å². The van der Waals surface area contributed by atoms with E-state index in [4.69, 9.17) is 9.47 Å². The third kappa shape index (κ3) is 4.18. The van der Waals surface area contributed by atoms with Gasteiger partial charge in [0, 0.05) is 10.7 Å². The number of nitrogens with zero attached hydrogens (tertiary/aromatic N) is 1. The van der Waals surface area contributed by atoms with Crippen LogP contribution in [0.3, 0.4) is 0 Å². The van der Waals surface area contributed by atoms with Crippen molar-refractivity contribution in [1.82, 2.24) is 10.3 Å². The second-order valence-electron chi connectivity index (χ2n) is 5.76. The largest absolute Gasteiger partial charge is 0.475 e. The van der Waals surface area contributed by atoms with Crippen molar-refractivity contribution in [1.29, 1.82) is 0 Å². The molecule has 0 aliphatic carbocycles. The molecule has 0 radical (unpaired) electrons. The molecule has 0 bridgehead atoms. The fourth-order valence-corrected chi connectivity index (χ4v) is 2.17. The number of rotatable bonds is 4. The highest BCUT2D eigenvalue weighted by molar-refractivity contribution is 9.10. The van der Waals surface area contributed by atoms with Crippen molar-refractivity contribution < 1.29 is 14.3 Å². The van der Waals surface area contributed by atoms with Gasteiger partial charge >= 0.3 is 5.97 Å². The van der Waals surface area contributed by atoms with E-state index in [2.05, 4.69) is 26.2 Å². The highest BCUT2D eigenvalue weighted by Crippen LogP contribution is 2.22. The molecule has 6 heteroatoms. The van der Waals surface area contributed by atoms with E-state index in [-0.39, 0.29) is 12.0 Å². The van der Waals surface area contributed by atoms with Crippen LogP contribution in [0, 0.1) is 0 Å². The van der Waals surface area contributed by atoms with E-state index >= 15 is 0 Å². The Balaban J connectivity index is 2.09. The lowest BCUT2D eigenvalue weighted by molar-refractivity contribution is -0.165. The van der Waals surface area contributed by atoms with Crippen LogP contribution < -0.4 is 10.1 Å². The molecule has 1 N–H and O–H groups in total. The lowest BCUT2D eigenvalue weighted by Gasteiger charge is -2.35. The fraction of sp³-hybridized carbons (Fsp3) is 0.571. The maximum absolute atomic E-state index is 12.3. The zero-order valence-electron chi connectivity index (χ0n) is 11.9. The third-order valence-electron chi connectivity index (χ3n) is 2.81. The molecular weight excluding hydrogens is 324 g/mol. The molecule has 5 nitrogen and oxygen atoms in total. The minimum absolute atomic E-state index is 0.0103. The van der Waals surface area contributed by atoms with E-state index in [0.29, 0.717) is 5.75 Å². The first-order chi connectivity index (χ1) is 9.35. The lowest BCUT2D eigenvalue weighted by Crippen LogP contribution is -2.57. The van der Waals surface area contributed by atoms with Gasteiger partial charge < -0.3 is 14.8 Å². The molecule has 0 spiro atoms. The molecule has 2 heterocycles. The first kappa shape index (κ1) is 15.3. The summed E-state index contributed by atoms with van der Waals surface area (Å²) >= 11 is 3.33. The first-order valence-corrected chi connectivity index (χ1v) is 7.38. The number of hydrogen-bond acceptors (Lipinski definition) is 5. The van der Waals surface area contributed by atoms with Crippen molar-refractivity contribution >= 4 is 21.9 Å². The van der Waals surface area contributed by atoms with Crippen LogP contribution in [0.15, 0.2) is 22.9 Å². The summed E-state index contributed by atoms with van der Waals surface area (Å²) < 4.78 is 12.0. The van der Waals surface area contributed by atoms with E-state index in [1.807, 2.05) is 20.8 Å². The predicted molar refractivity (Wildman–Crippen MR) is 78.6 cm³/mol. The zero-order valence-corrected chi connectivity index (χ0v) is 13.4. The highest BCUT2D eigenvalue weighted by Gasteiger charge is 2.37. The standard InChI is InChI=1S/C14H19BrN2O3/c1-14(2,3)20-13(18)12(11-4-5-17-11)19-10-6-9(15)7-16-8-10/h6-8,11-12,17H,4-5H2,1-3H3/t11-,12?/m0/s1. The summed E-state index contributed by atoms with van der Waals surface area (Å²) in [6.07, 6.45) is 3.49. The number of esters is 1. The van der Waals surface area contributed by atoms with Crippen molar-refractivity contribution in [3.63, 3.8) is 0 Å². The number of ether oxygens (including phenoxy) is 2. The van der Waals surface area contributed by atoms with Gasteiger partial charge in [-0.3, -0.25) is 4.98 Å². The quantitative estimate of drug-likeness (QED) is 0.850. The van der Waals surface area contributed by atoms with Gasteiger partial charge in [-0.15, -0.1) is 0 Å². The Bertz CT molecular complexity index is 484.